The maximum Gasteiger partial charge on any atom is 0.254 e. The van der Waals surface area contributed by atoms with Crippen molar-refractivity contribution < 1.29 is 18.8 Å². The normalized spacial score (nSPS) is 15.6. The number of hydrogen-bond donors (Lipinski definition) is 1. The Kier molecular flexibility index (Phi) is 3.29. The van der Waals surface area contributed by atoms with Gasteiger partial charge in [0.1, 0.15) is 18.9 Å². The summed E-state index contributed by atoms with van der Waals surface area (Å²) >= 11 is 5.50. The Morgan fingerprint density at radius 3 is 2.44 bits per heavy atom. The molecule has 0 aliphatic carbocycles. The van der Waals surface area contributed by atoms with Crippen LogP contribution in [0.15, 0.2) is 18.2 Å². The van der Waals surface area contributed by atoms with Crippen LogP contribution in [0.3, 0.4) is 0 Å². The molecule has 0 bridgehead atoms. The first-order valence-corrected chi connectivity index (χ1v) is 5.42. The summed E-state index contributed by atoms with van der Waals surface area (Å²) in [5.74, 6) is -2.44. The van der Waals surface area contributed by atoms with E-state index in [0.717, 1.165) is 11.0 Å². The van der Waals surface area contributed by atoms with Gasteiger partial charge in [-0.25, -0.2) is 4.39 Å². The van der Waals surface area contributed by atoms with Crippen LogP contribution in [0.5, 0.6) is 0 Å². The number of nitrogens with zero attached hydrogens (tertiary/aromatic N) is 1. The van der Waals surface area contributed by atoms with Gasteiger partial charge in [-0.1, -0.05) is 11.6 Å². The van der Waals surface area contributed by atoms with Gasteiger partial charge in [-0.3, -0.25) is 19.7 Å². The van der Waals surface area contributed by atoms with Gasteiger partial charge in [-0.2, -0.15) is 0 Å². The van der Waals surface area contributed by atoms with E-state index in [4.69, 9.17) is 11.6 Å². The second kappa shape index (κ2) is 4.73. The fraction of sp³-hybridized carbons (Fsp3) is 0.182. The lowest BCUT2D eigenvalue weighted by Gasteiger charge is -2.25. The van der Waals surface area contributed by atoms with Crippen LogP contribution in [0, 0.1) is 5.82 Å². The Hall–Kier alpha value is -1.95. The number of carbonyl (C=O) groups excluding carboxylic acids is 3. The number of hydrogen-bond acceptors (Lipinski definition) is 3. The summed E-state index contributed by atoms with van der Waals surface area (Å²) in [5.41, 5.74) is 0.0411. The van der Waals surface area contributed by atoms with Gasteiger partial charge in [0.15, 0.2) is 0 Å². The van der Waals surface area contributed by atoms with Gasteiger partial charge in [0.2, 0.25) is 11.8 Å². The Bertz CT molecular complexity index is 531. The molecule has 18 heavy (non-hydrogen) atoms. The molecule has 1 aromatic rings. The Labute approximate surface area is 107 Å². The predicted molar refractivity (Wildman–Crippen MR) is 60.5 cm³/mol. The molecule has 0 unspecified atom stereocenters. The lowest BCUT2D eigenvalue weighted by molar-refractivity contribution is -0.135. The largest absolute Gasteiger partial charge is 0.320 e. The van der Waals surface area contributed by atoms with Crippen LogP contribution in [0.25, 0.3) is 0 Å². The van der Waals surface area contributed by atoms with Gasteiger partial charge in [0.25, 0.3) is 5.91 Å². The van der Waals surface area contributed by atoms with Crippen molar-refractivity contribution >= 4 is 29.3 Å². The van der Waals surface area contributed by atoms with Crippen molar-refractivity contribution in [3.8, 4) is 0 Å². The zero-order chi connectivity index (χ0) is 13.3. The van der Waals surface area contributed by atoms with Crippen LogP contribution in [0.4, 0.5) is 4.39 Å². The van der Waals surface area contributed by atoms with E-state index in [1.54, 1.807) is 0 Å². The van der Waals surface area contributed by atoms with E-state index in [0.29, 0.717) is 0 Å². The van der Waals surface area contributed by atoms with E-state index in [-0.39, 0.29) is 23.7 Å². The van der Waals surface area contributed by atoms with Gasteiger partial charge in [-0.05, 0) is 18.2 Å². The van der Waals surface area contributed by atoms with Crippen LogP contribution in [0.2, 0.25) is 5.02 Å². The SMILES string of the molecule is O=C1CN(C(=O)c2ccc(Cl)c(F)c2)CC(=O)N1. The van der Waals surface area contributed by atoms with Crippen LogP contribution >= 0.6 is 11.6 Å². The van der Waals surface area contributed by atoms with E-state index in [1.807, 2.05) is 0 Å². The molecule has 1 heterocycles. The molecule has 1 aliphatic rings. The van der Waals surface area contributed by atoms with E-state index in [1.165, 1.54) is 12.1 Å². The van der Waals surface area contributed by atoms with Crippen LogP contribution in [-0.4, -0.2) is 35.7 Å². The van der Waals surface area contributed by atoms with E-state index < -0.39 is 23.5 Å². The van der Waals surface area contributed by atoms with Gasteiger partial charge in [0.05, 0.1) is 5.02 Å². The molecule has 2 rings (SSSR count). The first-order valence-electron chi connectivity index (χ1n) is 5.04. The highest BCUT2D eigenvalue weighted by Gasteiger charge is 2.27. The van der Waals surface area contributed by atoms with Crippen molar-refractivity contribution in [1.82, 2.24) is 10.2 Å². The second-order valence-corrected chi connectivity index (χ2v) is 4.17. The highest BCUT2D eigenvalue weighted by atomic mass is 35.5. The molecule has 0 spiro atoms. The van der Waals surface area contributed by atoms with Crippen LogP contribution in [-0.2, 0) is 9.59 Å². The Morgan fingerprint density at radius 1 is 1.28 bits per heavy atom. The molecular formula is C11H8ClFN2O3. The fourth-order valence-corrected chi connectivity index (χ4v) is 1.71. The fourth-order valence-electron chi connectivity index (χ4n) is 1.59. The molecule has 0 atom stereocenters. The highest BCUT2D eigenvalue weighted by molar-refractivity contribution is 6.30. The van der Waals surface area contributed by atoms with Gasteiger partial charge >= 0.3 is 0 Å². The molecule has 1 saturated heterocycles. The summed E-state index contributed by atoms with van der Waals surface area (Å²) in [4.78, 5) is 35.2. The minimum absolute atomic E-state index is 0.0411. The number of piperazine rings is 1. The number of nitrogens with one attached hydrogen (secondary N) is 1. The average Bonchev–Trinajstić information content (AvgIpc) is 2.30. The second-order valence-electron chi connectivity index (χ2n) is 3.76. The van der Waals surface area contributed by atoms with Crippen molar-refractivity contribution in [3.63, 3.8) is 0 Å². The van der Waals surface area contributed by atoms with Gasteiger partial charge in [-0.15, -0.1) is 0 Å². The molecule has 0 radical (unpaired) electrons. The molecular weight excluding hydrogens is 263 g/mol. The molecule has 1 N–H and O–H groups in total. The zero-order valence-corrected chi connectivity index (χ0v) is 9.83. The summed E-state index contributed by atoms with van der Waals surface area (Å²) < 4.78 is 13.2. The lowest BCUT2D eigenvalue weighted by Crippen LogP contribution is -2.53. The van der Waals surface area contributed by atoms with E-state index in [2.05, 4.69) is 5.32 Å². The number of carbonyl (C=O) groups is 3. The van der Waals surface area contributed by atoms with Crippen molar-refractivity contribution in [2.45, 2.75) is 0 Å². The van der Waals surface area contributed by atoms with Crippen molar-refractivity contribution in [2.24, 2.45) is 0 Å². The third kappa shape index (κ3) is 2.48. The third-order valence-corrected chi connectivity index (χ3v) is 2.71. The highest BCUT2D eigenvalue weighted by Crippen LogP contribution is 2.17. The Morgan fingerprint density at radius 2 is 1.89 bits per heavy atom. The molecule has 7 heteroatoms. The molecule has 94 valence electrons. The van der Waals surface area contributed by atoms with E-state index in [9.17, 15) is 18.8 Å². The maximum atomic E-state index is 13.2. The molecule has 1 aliphatic heterocycles. The summed E-state index contributed by atoms with van der Waals surface area (Å²) in [5, 5.41) is 1.97. The zero-order valence-electron chi connectivity index (χ0n) is 9.07. The minimum atomic E-state index is -0.727. The van der Waals surface area contributed by atoms with Gasteiger partial charge < -0.3 is 4.90 Å². The summed E-state index contributed by atoms with van der Waals surface area (Å²) in [6, 6.07) is 3.56. The first-order chi connectivity index (χ1) is 8.47. The monoisotopic (exact) mass is 270 g/mol. The standard InChI is InChI=1S/C11H8ClFN2O3/c12-7-2-1-6(3-8(7)13)11(18)15-4-9(16)14-10(17)5-15/h1-3H,4-5H2,(H,14,16,17). The summed E-state index contributed by atoms with van der Waals surface area (Å²) in [6.45, 7) is -0.455. The minimum Gasteiger partial charge on any atom is -0.320 e. The van der Waals surface area contributed by atoms with Crippen molar-refractivity contribution in [2.75, 3.05) is 13.1 Å². The number of benzene rings is 1. The lowest BCUT2D eigenvalue weighted by atomic mass is 10.2. The molecule has 0 saturated carbocycles. The van der Waals surface area contributed by atoms with E-state index >= 15 is 0 Å². The first kappa shape index (κ1) is 12.5. The maximum absolute atomic E-state index is 13.2. The molecule has 0 aromatic heterocycles. The number of halogens is 2. The smallest absolute Gasteiger partial charge is 0.254 e. The predicted octanol–water partition coefficient (Wildman–Crippen LogP) is 0.578. The molecule has 1 fully saturated rings. The third-order valence-electron chi connectivity index (χ3n) is 2.40. The average molecular weight is 271 g/mol. The summed E-state index contributed by atoms with van der Waals surface area (Å²) in [6.07, 6.45) is 0. The quantitative estimate of drug-likeness (QED) is 0.759. The topological polar surface area (TPSA) is 66.5 Å². The summed E-state index contributed by atoms with van der Waals surface area (Å²) in [7, 11) is 0. The molecule has 5 nitrogen and oxygen atoms in total. The van der Waals surface area contributed by atoms with Crippen LogP contribution < -0.4 is 5.32 Å². The Balaban J connectivity index is 2.22. The molecule has 1 aromatic carbocycles. The number of imide groups is 1. The van der Waals surface area contributed by atoms with Crippen LogP contribution in [0.1, 0.15) is 10.4 Å². The van der Waals surface area contributed by atoms with Crippen molar-refractivity contribution in [3.05, 3.63) is 34.6 Å². The van der Waals surface area contributed by atoms with Gasteiger partial charge in [0, 0.05) is 5.56 Å². The molecule has 3 amide bonds. The van der Waals surface area contributed by atoms with Crippen molar-refractivity contribution in [1.29, 1.82) is 0 Å². The number of amides is 3. The number of rotatable bonds is 1.